The number of carbonyl (C=O) groups excluding carboxylic acids is 1. The van der Waals surface area contributed by atoms with E-state index in [0.29, 0.717) is 18.4 Å². The quantitative estimate of drug-likeness (QED) is 0.856. The smallest absolute Gasteiger partial charge is 0.313 e. The van der Waals surface area contributed by atoms with Gasteiger partial charge in [0.05, 0.1) is 25.7 Å². The van der Waals surface area contributed by atoms with E-state index >= 15 is 0 Å². The summed E-state index contributed by atoms with van der Waals surface area (Å²) in [6.07, 6.45) is 1.99. The van der Waals surface area contributed by atoms with Crippen molar-refractivity contribution in [2.45, 2.75) is 31.7 Å². The molecule has 1 aromatic carbocycles. The topological polar surface area (TPSA) is 54.7 Å². The van der Waals surface area contributed by atoms with Crippen LogP contribution < -0.4 is 0 Å². The van der Waals surface area contributed by atoms with Crippen molar-refractivity contribution < 1.29 is 14.6 Å². The van der Waals surface area contributed by atoms with Gasteiger partial charge in [-0.2, -0.15) is 0 Å². The molecule has 0 spiro atoms. The van der Waals surface area contributed by atoms with Crippen molar-refractivity contribution in [1.82, 2.24) is 9.47 Å². The van der Waals surface area contributed by atoms with Crippen LogP contribution in [-0.4, -0.2) is 47.3 Å². The highest BCUT2D eigenvalue weighted by atomic mass is 16.5. The number of hydrogen-bond acceptors (Lipinski definition) is 4. The van der Waals surface area contributed by atoms with Gasteiger partial charge in [-0.25, -0.2) is 0 Å². The number of methoxy groups -OCH3 is 1. The minimum atomic E-state index is -0.196. The van der Waals surface area contributed by atoms with Crippen molar-refractivity contribution in [3.05, 3.63) is 35.5 Å². The molecule has 26 heavy (non-hydrogen) atoms. The number of piperidine rings is 1. The van der Waals surface area contributed by atoms with Crippen LogP contribution in [0.2, 0.25) is 0 Å². The van der Waals surface area contributed by atoms with E-state index in [1.165, 1.54) is 12.8 Å². The van der Waals surface area contributed by atoms with Crippen LogP contribution >= 0.6 is 0 Å². The number of carbonyl (C=O) groups is 1. The number of rotatable bonds is 4. The van der Waals surface area contributed by atoms with E-state index < -0.39 is 0 Å². The van der Waals surface area contributed by atoms with Crippen LogP contribution in [-0.2, 0) is 16.6 Å². The summed E-state index contributed by atoms with van der Waals surface area (Å²) < 4.78 is 7.51. The third-order valence-corrected chi connectivity index (χ3v) is 6.63. The van der Waals surface area contributed by atoms with E-state index in [9.17, 15) is 9.90 Å². The lowest BCUT2D eigenvalue weighted by Crippen LogP contribution is -2.50. The van der Waals surface area contributed by atoms with Crippen LogP contribution in [0.5, 0.6) is 0 Å². The van der Waals surface area contributed by atoms with E-state index in [2.05, 4.69) is 35.6 Å². The number of hydrogen-bond donors (Lipinski definition) is 1. The van der Waals surface area contributed by atoms with Crippen molar-refractivity contribution in [2.75, 3.05) is 26.8 Å². The first kappa shape index (κ1) is 17.6. The first-order valence-electron chi connectivity index (χ1n) is 9.62. The summed E-state index contributed by atoms with van der Waals surface area (Å²) in [7, 11) is 3.60. The van der Waals surface area contributed by atoms with Gasteiger partial charge in [-0.05, 0) is 29.9 Å². The number of aromatic nitrogens is 1. The lowest BCUT2D eigenvalue weighted by molar-refractivity contribution is -0.146. The number of fused-ring (bicyclic) bond motifs is 6. The highest BCUT2D eigenvalue weighted by molar-refractivity contribution is 5.92. The normalized spacial score (nSPS) is 28.2. The van der Waals surface area contributed by atoms with Crippen LogP contribution in [0.15, 0.2) is 24.3 Å². The fourth-order valence-corrected chi connectivity index (χ4v) is 5.47. The van der Waals surface area contributed by atoms with Crippen LogP contribution in [0.25, 0.3) is 10.9 Å². The molecular formula is C21H28N2O3. The van der Waals surface area contributed by atoms with Crippen LogP contribution in [0.3, 0.4) is 0 Å². The molecule has 0 saturated carbocycles. The zero-order valence-electron chi connectivity index (χ0n) is 15.8. The SMILES string of the molecule is CC[C@H]1CN(CCO)[C@@H]2C[C@H]1[C@@H](C(=O)OC)c1c2n(C)c2ccccc12. The molecule has 1 aromatic heterocycles. The van der Waals surface area contributed by atoms with Crippen molar-refractivity contribution in [3.8, 4) is 0 Å². The molecule has 2 bridgehead atoms. The molecule has 2 aliphatic rings. The lowest BCUT2D eigenvalue weighted by atomic mass is 9.65. The van der Waals surface area contributed by atoms with Crippen molar-refractivity contribution in [3.63, 3.8) is 0 Å². The van der Waals surface area contributed by atoms with Crippen LogP contribution in [0.1, 0.15) is 43.0 Å². The zero-order chi connectivity index (χ0) is 18.4. The Balaban J connectivity index is 1.97. The van der Waals surface area contributed by atoms with E-state index in [4.69, 9.17) is 4.74 Å². The van der Waals surface area contributed by atoms with Gasteiger partial charge in [-0.1, -0.05) is 31.5 Å². The fraction of sp³-hybridized carbons (Fsp3) is 0.571. The first-order valence-corrected chi connectivity index (χ1v) is 9.62. The number of aryl methyl sites for hydroxylation is 1. The number of aliphatic hydroxyl groups excluding tert-OH is 1. The number of β-amino-alcohol motifs (C(OH)–C–C–N with tert-alkyl or cyclic N) is 1. The number of aliphatic hydroxyl groups is 1. The summed E-state index contributed by atoms with van der Waals surface area (Å²) in [6, 6.07) is 8.60. The predicted octanol–water partition coefficient (Wildman–Crippen LogP) is 2.83. The third kappa shape index (κ3) is 2.41. The van der Waals surface area contributed by atoms with E-state index in [1.807, 2.05) is 12.1 Å². The molecule has 2 aromatic rings. The fourth-order valence-electron chi connectivity index (χ4n) is 5.47. The van der Waals surface area contributed by atoms with Crippen molar-refractivity contribution in [1.29, 1.82) is 0 Å². The average molecular weight is 356 g/mol. The Morgan fingerprint density at radius 3 is 2.81 bits per heavy atom. The molecule has 1 saturated heterocycles. The van der Waals surface area contributed by atoms with Gasteiger partial charge >= 0.3 is 5.97 Å². The molecule has 4 rings (SSSR count). The second kappa shape index (κ2) is 6.71. The van der Waals surface area contributed by atoms with Gasteiger partial charge in [0.1, 0.15) is 0 Å². The second-order valence-electron chi connectivity index (χ2n) is 7.68. The molecule has 1 aliphatic carbocycles. The molecule has 1 fully saturated rings. The Kier molecular flexibility index (Phi) is 4.53. The summed E-state index contributed by atoms with van der Waals surface area (Å²) in [5.41, 5.74) is 3.54. The molecule has 140 valence electrons. The number of nitrogens with zero attached hydrogens (tertiary/aromatic N) is 2. The number of para-hydroxylation sites is 1. The van der Waals surface area contributed by atoms with E-state index in [0.717, 1.165) is 35.9 Å². The molecule has 5 nitrogen and oxygen atoms in total. The summed E-state index contributed by atoms with van der Waals surface area (Å²) in [5.74, 6) is 0.429. The second-order valence-corrected chi connectivity index (χ2v) is 7.68. The maximum atomic E-state index is 12.9. The van der Waals surface area contributed by atoms with Crippen LogP contribution in [0, 0.1) is 11.8 Å². The summed E-state index contributed by atoms with van der Waals surface area (Å²) >= 11 is 0. The molecule has 0 radical (unpaired) electrons. The monoisotopic (exact) mass is 356 g/mol. The van der Waals surface area contributed by atoms with Gasteiger partial charge in [0, 0.05) is 36.7 Å². The molecule has 5 heteroatoms. The average Bonchev–Trinajstić information content (AvgIpc) is 2.96. The van der Waals surface area contributed by atoms with Gasteiger partial charge in [-0.15, -0.1) is 0 Å². The molecule has 4 atom stereocenters. The third-order valence-electron chi connectivity index (χ3n) is 6.63. The summed E-state index contributed by atoms with van der Waals surface area (Å²) in [4.78, 5) is 15.3. The van der Waals surface area contributed by atoms with Gasteiger partial charge in [0.25, 0.3) is 0 Å². The highest BCUT2D eigenvalue weighted by Crippen LogP contribution is 2.54. The molecule has 2 heterocycles. The Morgan fingerprint density at radius 2 is 2.12 bits per heavy atom. The van der Waals surface area contributed by atoms with E-state index in [1.54, 1.807) is 0 Å². The van der Waals surface area contributed by atoms with Gasteiger partial charge in [-0.3, -0.25) is 9.69 Å². The molecule has 1 N–H and O–H groups in total. The minimum Gasteiger partial charge on any atom is -0.469 e. The van der Waals surface area contributed by atoms with E-state index in [-0.39, 0.29) is 24.5 Å². The standard InChI is InChI=1S/C21H28N2O3/c1-4-13-12-23(9-10-24)17-11-15(13)19(21(25)26-3)18-14-7-5-6-8-16(14)22(2)20(17)18/h5-8,13,15,17,19,24H,4,9-12H2,1-3H3/t13-,15+,17+,19+/m0/s1. The minimum absolute atomic E-state index is 0.111. The number of esters is 1. The zero-order valence-corrected chi connectivity index (χ0v) is 15.8. The maximum absolute atomic E-state index is 12.9. The van der Waals surface area contributed by atoms with Crippen LogP contribution in [0.4, 0.5) is 0 Å². The lowest BCUT2D eigenvalue weighted by Gasteiger charge is -2.50. The Morgan fingerprint density at radius 1 is 1.35 bits per heavy atom. The molecule has 0 unspecified atom stereocenters. The van der Waals surface area contributed by atoms with Gasteiger partial charge < -0.3 is 14.4 Å². The highest BCUT2D eigenvalue weighted by Gasteiger charge is 2.50. The maximum Gasteiger partial charge on any atom is 0.313 e. The molecule has 0 amide bonds. The number of ether oxygens (including phenoxy) is 1. The summed E-state index contributed by atoms with van der Waals surface area (Å²) in [6.45, 7) is 3.98. The number of benzene rings is 1. The first-order chi connectivity index (χ1) is 12.6. The largest absolute Gasteiger partial charge is 0.469 e. The Labute approximate surface area is 154 Å². The van der Waals surface area contributed by atoms with Crippen molar-refractivity contribution >= 4 is 16.9 Å². The molecular weight excluding hydrogens is 328 g/mol. The Hall–Kier alpha value is -1.85. The Bertz CT molecular complexity index is 828. The predicted molar refractivity (Wildman–Crippen MR) is 101 cm³/mol. The van der Waals surface area contributed by atoms with Gasteiger partial charge in [0.2, 0.25) is 0 Å². The molecule has 1 aliphatic heterocycles. The number of likely N-dealkylation sites (tertiary alicyclic amines) is 1. The summed E-state index contributed by atoms with van der Waals surface area (Å²) in [5, 5.41) is 10.8. The van der Waals surface area contributed by atoms with Crippen molar-refractivity contribution in [2.24, 2.45) is 18.9 Å². The van der Waals surface area contributed by atoms with Gasteiger partial charge in [0.15, 0.2) is 0 Å².